The van der Waals surface area contributed by atoms with E-state index in [1.165, 1.54) is 23.1 Å². The third kappa shape index (κ3) is 5.32. The van der Waals surface area contributed by atoms with E-state index in [4.69, 9.17) is 16.3 Å². The average molecular weight is 628 g/mol. The van der Waals surface area contributed by atoms with Crippen molar-refractivity contribution < 1.29 is 27.1 Å². The first-order chi connectivity index (χ1) is 21.0. The lowest BCUT2D eigenvalue weighted by molar-refractivity contribution is -0.129. The Morgan fingerprint density at radius 1 is 1.11 bits per heavy atom. The Morgan fingerprint density at radius 3 is 2.61 bits per heavy atom. The van der Waals surface area contributed by atoms with Gasteiger partial charge < -0.3 is 19.4 Å². The predicted molar refractivity (Wildman–Crippen MR) is 162 cm³/mol. The van der Waals surface area contributed by atoms with Gasteiger partial charge in [-0.15, -0.1) is 0 Å². The van der Waals surface area contributed by atoms with Crippen molar-refractivity contribution in [2.75, 3.05) is 44.7 Å². The van der Waals surface area contributed by atoms with Gasteiger partial charge in [-0.05, 0) is 56.4 Å². The van der Waals surface area contributed by atoms with Crippen LogP contribution in [-0.4, -0.2) is 77.6 Å². The number of ether oxygens (including phenoxy) is 1. The minimum atomic E-state index is -1.06. The van der Waals surface area contributed by atoms with Gasteiger partial charge in [0, 0.05) is 42.5 Å². The van der Waals surface area contributed by atoms with E-state index in [2.05, 4.69) is 21.4 Å². The maximum atomic E-state index is 16.6. The molecule has 0 aliphatic carbocycles. The number of benzene rings is 3. The molecule has 2 atom stereocenters. The summed E-state index contributed by atoms with van der Waals surface area (Å²) in [4.78, 5) is 26.5. The first-order valence-electron chi connectivity index (χ1n) is 14.3. The Hall–Kier alpha value is -3.96. The van der Waals surface area contributed by atoms with Crippen LogP contribution >= 0.6 is 11.6 Å². The molecular formula is C32H30ClF4N5O2. The van der Waals surface area contributed by atoms with E-state index in [0.717, 1.165) is 25.5 Å². The lowest BCUT2D eigenvalue weighted by Gasteiger charge is -2.40. The van der Waals surface area contributed by atoms with E-state index in [1.807, 2.05) is 7.05 Å². The molecule has 12 heteroatoms. The molecule has 0 bridgehead atoms. The molecule has 2 saturated heterocycles. The first kappa shape index (κ1) is 30.1. The number of nitrogens with zero attached hydrogens (tertiary/aromatic N) is 5. The molecule has 2 aliphatic heterocycles. The maximum Gasteiger partial charge on any atom is 0.319 e. The topological polar surface area (TPSA) is 61.8 Å². The molecule has 44 heavy (non-hydrogen) atoms. The van der Waals surface area contributed by atoms with Crippen molar-refractivity contribution >= 4 is 45.0 Å². The van der Waals surface area contributed by atoms with Gasteiger partial charge in [0.2, 0.25) is 0 Å². The highest BCUT2D eigenvalue weighted by Crippen LogP contribution is 2.41. The van der Waals surface area contributed by atoms with Crippen LogP contribution in [0.1, 0.15) is 19.8 Å². The van der Waals surface area contributed by atoms with Crippen molar-refractivity contribution in [2.45, 2.75) is 31.8 Å². The third-order valence-electron chi connectivity index (χ3n) is 8.54. The molecule has 0 saturated carbocycles. The molecule has 6 rings (SSSR count). The molecule has 7 nitrogen and oxygen atoms in total. The Morgan fingerprint density at radius 2 is 1.91 bits per heavy atom. The van der Waals surface area contributed by atoms with Crippen molar-refractivity contribution in [3.8, 4) is 17.1 Å². The SMILES string of the molecule is C=C(F)C(=O)N1CCN(c2nc(OC[C@@H]3CCCN3C)nc3c(F)c(-c4cccc5ccc(F)c(Cl)c45)c(F)cc23)[C@@H](C)C1. The number of anilines is 1. The van der Waals surface area contributed by atoms with Crippen LogP contribution in [0.25, 0.3) is 32.8 Å². The Bertz CT molecular complexity index is 1800. The monoisotopic (exact) mass is 627 g/mol. The zero-order valence-electron chi connectivity index (χ0n) is 24.2. The van der Waals surface area contributed by atoms with Crippen molar-refractivity contribution in [1.29, 1.82) is 0 Å². The smallest absolute Gasteiger partial charge is 0.319 e. The van der Waals surface area contributed by atoms with E-state index in [0.29, 0.717) is 5.39 Å². The van der Waals surface area contributed by atoms with E-state index in [1.54, 1.807) is 24.0 Å². The summed E-state index contributed by atoms with van der Waals surface area (Å²) in [5, 5.41) is 0.527. The van der Waals surface area contributed by atoms with Crippen LogP contribution in [0.4, 0.5) is 23.4 Å². The molecule has 0 N–H and O–H groups in total. The van der Waals surface area contributed by atoms with Gasteiger partial charge >= 0.3 is 6.01 Å². The fourth-order valence-corrected chi connectivity index (χ4v) is 6.47. The molecule has 1 aromatic heterocycles. The summed E-state index contributed by atoms with van der Waals surface area (Å²) in [5.41, 5.74) is -0.522. The zero-order chi connectivity index (χ0) is 31.3. The highest BCUT2D eigenvalue weighted by atomic mass is 35.5. The van der Waals surface area contributed by atoms with Gasteiger partial charge in [0.1, 0.15) is 29.6 Å². The maximum absolute atomic E-state index is 16.6. The molecule has 2 fully saturated rings. The first-order valence-corrected chi connectivity index (χ1v) is 14.7. The van der Waals surface area contributed by atoms with Gasteiger partial charge in [0.25, 0.3) is 5.91 Å². The van der Waals surface area contributed by atoms with Gasteiger partial charge in [-0.1, -0.05) is 42.4 Å². The lowest BCUT2D eigenvalue weighted by Crippen LogP contribution is -2.54. The molecular weight excluding hydrogens is 598 g/mol. The standard InChI is InChI=1S/C32H30ClF4N5O2/c1-17-15-41(31(43)18(2)34)12-13-42(17)30-22-14-24(36)26(21-8-4-6-19-9-10-23(35)27(33)25(19)21)28(37)29(22)38-32(39-30)44-16-20-7-5-11-40(20)3/h4,6,8-10,14,17,20H,2,5,7,11-13,15-16H2,1,3H3/t17-,20-/m0/s1. The van der Waals surface area contributed by atoms with E-state index < -0.39 is 40.8 Å². The predicted octanol–water partition coefficient (Wildman–Crippen LogP) is 6.51. The molecule has 4 aromatic rings. The van der Waals surface area contributed by atoms with Crippen molar-refractivity contribution in [2.24, 2.45) is 0 Å². The number of hydrogen-bond donors (Lipinski definition) is 0. The molecule has 0 unspecified atom stereocenters. The summed E-state index contributed by atoms with van der Waals surface area (Å²) < 4.78 is 66.7. The number of carbonyl (C=O) groups is 1. The molecule has 1 amide bonds. The van der Waals surface area contributed by atoms with E-state index in [-0.39, 0.29) is 71.0 Å². The summed E-state index contributed by atoms with van der Waals surface area (Å²) >= 11 is 6.31. The average Bonchev–Trinajstić information content (AvgIpc) is 3.41. The summed E-state index contributed by atoms with van der Waals surface area (Å²) in [5.74, 6) is -4.25. The van der Waals surface area contributed by atoms with Gasteiger partial charge in [-0.25, -0.2) is 17.6 Å². The highest BCUT2D eigenvalue weighted by molar-refractivity contribution is 6.37. The van der Waals surface area contributed by atoms with Crippen LogP contribution < -0.4 is 9.64 Å². The number of hydrogen-bond acceptors (Lipinski definition) is 6. The number of piperazine rings is 1. The van der Waals surface area contributed by atoms with E-state index in [9.17, 15) is 13.6 Å². The highest BCUT2D eigenvalue weighted by Gasteiger charge is 2.32. The normalized spacial score (nSPS) is 19.2. The lowest BCUT2D eigenvalue weighted by atomic mass is 9.96. The van der Waals surface area contributed by atoms with Crippen LogP contribution in [0.15, 0.2) is 48.8 Å². The summed E-state index contributed by atoms with van der Waals surface area (Å²) in [6.45, 7) is 6.59. The number of likely N-dealkylation sites (tertiary alicyclic amines) is 1. The van der Waals surface area contributed by atoms with E-state index >= 15 is 8.78 Å². The van der Waals surface area contributed by atoms with Gasteiger partial charge in [0.15, 0.2) is 11.6 Å². The molecule has 3 heterocycles. The number of rotatable bonds is 6. The second-order valence-electron chi connectivity index (χ2n) is 11.3. The minimum absolute atomic E-state index is 0.0751. The molecule has 2 aliphatic rings. The van der Waals surface area contributed by atoms with Crippen LogP contribution in [-0.2, 0) is 4.79 Å². The van der Waals surface area contributed by atoms with Crippen LogP contribution in [0.2, 0.25) is 5.02 Å². The molecule has 0 spiro atoms. The zero-order valence-corrected chi connectivity index (χ0v) is 25.0. The van der Waals surface area contributed by atoms with Gasteiger partial charge in [0.05, 0.1) is 10.6 Å². The summed E-state index contributed by atoms with van der Waals surface area (Å²) in [6, 6.07) is 8.25. The largest absolute Gasteiger partial charge is 0.462 e. The fourth-order valence-electron chi connectivity index (χ4n) is 6.20. The number of fused-ring (bicyclic) bond motifs is 2. The fraction of sp³-hybridized carbons (Fsp3) is 0.344. The number of carbonyl (C=O) groups excluding carboxylic acids is 1. The quantitative estimate of drug-likeness (QED) is 0.179. The number of amides is 1. The van der Waals surface area contributed by atoms with Gasteiger partial charge in [-0.3, -0.25) is 4.79 Å². The Balaban J connectivity index is 1.50. The van der Waals surface area contributed by atoms with Crippen LogP contribution in [0.3, 0.4) is 0 Å². The van der Waals surface area contributed by atoms with Gasteiger partial charge in [-0.2, -0.15) is 9.97 Å². The molecule has 230 valence electrons. The third-order valence-corrected chi connectivity index (χ3v) is 8.91. The van der Waals surface area contributed by atoms with Crippen molar-refractivity contribution in [3.05, 3.63) is 71.3 Å². The second-order valence-corrected chi connectivity index (χ2v) is 11.7. The van der Waals surface area contributed by atoms with Crippen LogP contribution in [0, 0.1) is 17.5 Å². The number of aromatic nitrogens is 2. The summed E-state index contributed by atoms with van der Waals surface area (Å²) in [7, 11) is 2.00. The molecule has 3 aromatic carbocycles. The minimum Gasteiger partial charge on any atom is -0.462 e. The van der Waals surface area contributed by atoms with Crippen molar-refractivity contribution in [1.82, 2.24) is 19.8 Å². The van der Waals surface area contributed by atoms with Crippen molar-refractivity contribution in [3.63, 3.8) is 0 Å². The number of halogens is 5. The number of likely N-dealkylation sites (N-methyl/N-ethyl adjacent to an activating group) is 1. The molecule has 0 radical (unpaired) electrons. The Labute approximate surface area is 256 Å². The van der Waals surface area contributed by atoms with Crippen LogP contribution in [0.5, 0.6) is 6.01 Å². The summed E-state index contributed by atoms with van der Waals surface area (Å²) in [6.07, 6.45) is 1.94. The Kier molecular flexibility index (Phi) is 8.10. The second kappa shape index (κ2) is 11.9.